The van der Waals surface area contributed by atoms with Crippen LogP contribution in [-0.2, 0) is 0 Å². The van der Waals surface area contributed by atoms with Gasteiger partial charge in [-0.15, -0.1) is 0 Å². The molecule has 0 aromatic rings. The van der Waals surface area contributed by atoms with E-state index in [9.17, 15) is 0 Å². The minimum Gasteiger partial charge on any atom is -0.311 e. The fourth-order valence-corrected chi connectivity index (χ4v) is 2.88. The molecular weight excluding hydrogens is 134 g/mol. The van der Waals surface area contributed by atoms with Crippen LogP contribution in [0, 0.1) is 11.8 Å². The third-order valence-corrected chi connectivity index (χ3v) is 3.52. The molecule has 64 valence electrons. The molecule has 3 fully saturated rings. The Labute approximate surface area is 69.6 Å². The van der Waals surface area contributed by atoms with E-state index in [-0.39, 0.29) is 0 Å². The zero-order valence-corrected chi connectivity index (χ0v) is 7.64. The molecule has 2 saturated heterocycles. The van der Waals surface area contributed by atoms with Crippen molar-refractivity contribution in [1.82, 2.24) is 5.32 Å². The van der Waals surface area contributed by atoms with Gasteiger partial charge in [-0.05, 0) is 44.4 Å². The Morgan fingerprint density at radius 1 is 1.09 bits per heavy atom. The summed E-state index contributed by atoms with van der Waals surface area (Å²) < 4.78 is 0. The second-order valence-corrected chi connectivity index (χ2v) is 4.55. The topological polar surface area (TPSA) is 12.0 Å². The maximum atomic E-state index is 3.70. The molecular formula is C10H19N. The first-order valence-corrected chi connectivity index (χ1v) is 5.01. The van der Waals surface area contributed by atoms with Crippen molar-refractivity contribution in [2.45, 2.75) is 51.6 Å². The second kappa shape index (κ2) is 2.78. The fraction of sp³-hybridized carbons (Fsp3) is 1.00. The molecule has 0 spiro atoms. The molecule has 3 rings (SSSR count). The molecule has 0 amide bonds. The Kier molecular flexibility index (Phi) is 1.92. The summed E-state index contributed by atoms with van der Waals surface area (Å²) in [6.45, 7) is 4.76. The summed E-state index contributed by atoms with van der Waals surface area (Å²) >= 11 is 0. The predicted octanol–water partition coefficient (Wildman–Crippen LogP) is 2.17. The zero-order chi connectivity index (χ0) is 7.84. The van der Waals surface area contributed by atoms with Crippen molar-refractivity contribution in [2.75, 3.05) is 0 Å². The normalized spacial score (nSPS) is 50.7. The summed E-state index contributed by atoms with van der Waals surface area (Å²) in [4.78, 5) is 0. The summed E-state index contributed by atoms with van der Waals surface area (Å²) in [5.41, 5.74) is 0. The van der Waals surface area contributed by atoms with E-state index in [1.165, 1.54) is 25.7 Å². The Bertz CT molecular complexity index is 142. The van der Waals surface area contributed by atoms with E-state index >= 15 is 0 Å². The van der Waals surface area contributed by atoms with Crippen molar-refractivity contribution < 1.29 is 0 Å². The van der Waals surface area contributed by atoms with Crippen molar-refractivity contribution in [1.29, 1.82) is 0 Å². The summed E-state index contributed by atoms with van der Waals surface area (Å²) in [7, 11) is 0. The molecule has 4 unspecified atom stereocenters. The van der Waals surface area contributed by atoms with Gasteiger partial charge in [0.25, 0.3) is 0 Å². The van der Waals surface area contributed by atoms with Gasteiger partial charge in [0, 0.05) is 12.1 Å². The molecule has 1 aliphatic carbocycles. The highest BCUT2D eigenvalue weighted by Gasteiger charge is 2.32. The maximum Gasteiger partial charge on any atom is 0.00722 e. The molecule has 1 nitrogen and oxygen atoms in total. The van der Waals surface area contributed by atoms with Crippen LogP contribution in [0.25, 0.3) is 0 Å². The molecule has 1 saturated carbocycles. The van der Waals surface area contributed by atoms with Crippen LogP contribution in [0.1, 0.15) is 39.5 Å². The van der Waals surface area contributed by atoms with Gasteiger partial charge in [0.15, 0.2) is 0 Å². The van der Waals surface area contributed by atoms with Crippen molar-refractivity contribution in [3.8, 4) is 0 Å². The van der Waals surface area contributed by atoms with Crippen LogP contribution < -0.4 is 5.32 Å². The van der Waals surface area contributed by atoms with Gasteiger partial charge in [0.05, 0.1) is 0 Å². The third kappa shape index (κ3) is 1.44. The lowest BCUT2D eigenvalue weighted by Gasteiger charge is -2.29. The van der Waals surface area contributed by atoms with E-state index in [0.717, 1.165) is 23.9 Å². The molecule has 0 aromatic heterocycles. The monoisotopic (exact) mass is 153 g/mol. The Hall–Kier alpha value is -0.0400. The van der Waals surface area contributed by atoms with Gasteiger partial charge in [-0.2, -0.15) is 0 Å². The lowest BCUT2D eigenvalue weighted by atomic mass is 9.78. The van der Waals surface area contributed by atoms with Gasteiger partial charge >= 0.3 is 0 Å². The van der Waals surface area contributed by atoms with Gasteiger partial charge in [-0.3, -0.25) is 0 Å². The first-order valence-electron chi connectivity index (χ1n) is 5.01. The third-order valence-electron chi connectivity index (χ3n) is 3.52. The molecule has 2 bridgehead atoms. The average molecular weight is 153 g/mol. The van der Waals surface area contributed by atoms with Gasteiger partial charge in [-0.25, -0.2) is 0 Å². The highest BCUT2D eigenvalue weighted by Crippen LogP contribution is 2.36. The van der Waals surface area contributed by atoms with Crippen LogP contribution in [0.2, 0.25) is 0 Å². The summed E-state index contributed by atoms with van der Waals surface area (Å²) in [6, 6.07) is 1.62. The minimum absolute atomic E-state index is 0.775. The van der Waals surface area contributed by atoms with E-state index < -0.39 is 0 Å². The Balaban J connectivity index is 2.10. The quantitative estimate of drug-likeness (QED) is 0.562. The van der Waals surface area contributed by atoms with Crippen molar-refractivity contribution >= 4 is 0 Å². The van der Waals surface area contributed by atoms with E-state index in [0.29, 0.717) is 0 Å². The van der Waals surface area contributed by atoms with Crippen LogP contribution in [-0.4, -0.2) is 12.1 Å². The number of hydrogen-bond acceptors (Lipinski definition) is 1. The number of hydrogen-bond donors (Lipinski definition) is 1. The highest BCUT2D eigenvalue weighted by atomic mass is 15.0. The van der Waals surface area contributed by atoms with E-state index in [1.807, 2.05) is 0 Å². The highest BCUT2D eigenvalue weighted by molar-refractivity contribution is 4.89. The summed E-state index contributed by atoms with van der Waals surface area (Å²) in [5.74, 6) is 2.00. The molecule has 0 radical (unpaired) electrons. The molecule has 2 aliphatic heterocycles. The summed E-state index contributed by atoms with van der Waals surface area (Å²) in [5, 5.41) is 3.70. The van der Waals surface area contributed by atoms with Gasteiger partial charge in [-0.1, -0.05) is 6.92 Å². The Morgan fingerprint density at radius 3 is 2.64 bits per heavy atom. The molecule has 4 atom stereocenters. The SMILES string of the molecule is CC1CC2CCC(CC2C)N1. The van der Waals surface area contributed by atoms with Crippen LogP contribution >= 0.6 is 0 Å². The fourth-order valence-electron chi connectivity index (χ4n) is 2.88. The molecule has 3 aliphatic rings. The van der Waals surface area contributed by atoms with Crippen molar-refractivity contribution in [3.05, 3.63) is 0 Å². The second-order valence-electron chi connectivity index (χ2n) is 4.55. The van der Waals surface area contributed by atoms with Crippen LogP contribution in [0.3, 0.4) is 0 Å². The lowest BCUT2D eigenvalue weighted by molar-refractivity contribution is 0.247. The smallest absolute Gasteiger partial charge is 0.00722 e. The van der Waals surface area contributed by atoms with E-state index in [2.05, 4.69) is 19.2 Å². The maximum absolute atomic E-state index is 3.70. The average Bonchev–Trinajstić information content (AvgIpc) is 2.16. The molecule has 0 aromatic carbocycles. The van der Waals surface area contributed by atoms with Gasteiger partial charge in [0.1, 0.15) is 0 Å². The van der Waals surface area contributed by atoms with Crippen molar-refractivity contribution in [3.63, 3.8) is 0 Å². The number of rotatable bonds is 0. The zero-order valence-electron chi connectivity index (χ0n) is 7.64. The molecule has 1 N–H and O–H groups in total. The van der Waals surface area contributed by atoms with Crippen molar-refractivity contribution in [2.24, 2.45) is 11.8 Å². The Morgan fingerprint density at radius 2 is 1.91 bits per heavy atom. The van der Waals surface area contributed by atoms with E-state index in [1.54, 1.807) is 0 Å². The standard InChI is InChI=1S/C10H19N/c1-7-5-10-4-3-9(7)6-8(2)11-10/h7-11H,3-6H2,1-2H3. The molecule has 1 heteroatoms. The largest absolute Gasteiger partial charge is 0.311 e. The van der Waals surface area contributed by atoms with Crippen LogP contribution in [0.4, 0.5) is 0 Å². The lowest BCUT2D eigenvalue weighted by Crippen LogP contribution is -2.34. The molecule has 2 heterocycles. The van der Waals surface area contributed by atoms with Gasteiger partial charge < -0.3 is 5.32 Å². The predicted molar refractivity (Wildman–Crippen MR) is 47.5 cm³/mol. The summed E-state index contributed by atoms with van der Waals surface area (Å²) in [6.07, 6.45) is 5.75. The first-order chi connectivity index (χ1) is 5.25. The number of fused-ring (bicyclic) bond motifs is 4. The van der Waals surface area contributed by atoms with Gasteiger partial charge in [0.2, 0.25) is 0 Å². The van der Waals surface area contributed by atoms with E-state index in [4.69, 9.17) is 0 Å². The molecule has 11 heavy (non-hydrogen) atoms. The van der Waals surface area contributed by atoms with Crippen LogP contribution in [0.5, 0.6) is 0 Å². The van der Waals surface area contributed by atoms with Crippen LogP contribution in [0.15, 0.2) is 0 Å². The first kappa shape index (κ1) is 7.60. The number of nitrogens with one attached hydrogen (secondary N) is 1. The minimum atomic E-state index is 0.775.